The number of aromatic nitrogens is 3. The van der Waals surface area contributed by atoms with Crippen LogP contribution in [0, 0.1) is 10.1 Å². The van der Waals surface area contributed by atoms with Crippen molar-refractivity contribution in [2.45, 2.75) is 19.5 Å². The summed E-state index contributed by atoms with van der Waals surface area (Å²) in [5.74, 6) is -1.69. The summed E-state index contributed by atoms with van der Waals surface area (Å²) in [6, 6.07) is -0.978. The molecule has 1 N–H and O–H groups in total. The van der Waals surface area contributed by atoms with Gasteiger partial charge in [-0.2, -0.15) is 4.68 Å². The van der Waals surface area contributed by atoms with E-state index in [0.717, 1.165) is 11.0 Å². The number of esters is 1. The van der Waals surface area contributed by atoms with Crippen LogP contribution in [0.1, 0.15) is 6.92 Å². The van der Waals surface area contributed by atoms with Crippen molar-refractivity contribution in [3.05, 3.63) is 16.4 Å². The van der Waals surface area contributed by atoms with E-state index < -0.39 is 28.8 Å². The van der Waals surface area contributed by atoms with Crippen LogP contribution in [-0.4, -0.2) is 44.7 Å². The van der Waals surface area contributed by atoms with Gasteiger partial charge in [-0.05, 0) is 4.92 Å². The molecule has 0 saturated heterocycles. The van der Waals surface area contributed by atoms with Crippen LogP contribution in [0.4, 0.5) is 5.95 Å². The van der Waals surface area contributed by atoms with Gasteiger partial charge in [0.05, 0.1) is 13.7 Å². The molecule has 0 fully saturated rings. The summed E-state index contributed by atoms with van der Waals surface area (Å²) in [4.78, 5) is 35.3. The number of amides is 1. The molecule has 10 heteroatoms. The first-order valence-corrected chi connectivity index (χ1v) is 4.82. The predicted molar refractivity (Wildman–Crippen MR) is 56.3 cm³/mol. The van der Waals surface area contributed by atoms with Gasteiger partial charge in [0.2, 0.25) is 12.2 Å². The van der Waals surface area contributed by atoms with Gasteiger partial charge in [-0.25, -0.2) is 4.79 Å². The molecule has 98 valence electrons. The molecule has 1 aromatic rings. The molecule has 1 heterocycles. The van der Waals surface area contributed by atoms with E-state index in [9.17, 15) is 19.7 Å². The second kappa shape index (κ2) is 5.70. The molecular formula is C8H11N5O5. The van der Waals surface area contributed by atoms with E-state index in [1.54, 1.807) is 0 Å². The highest BCUT2D eigenvalue weighted by atomic mass is 16.6. The van der Waals surface area contributed by atoms with E-state index in [0.29, 0.717) is 0 Å². The lowest BCUT2D eigenvalue weighted by Gasteiger charge is -2.13. The van der Waals surface area contributed by atoms with Gasteiger partial charge in [-0.1, -0.05) is 4.98 Å². The van der Waals surface area contributed by atoms with Gasteiger partial charge in [-0.3, -0.25) is 4.79 Å². The summed E-state index contributed by atoms with van der Waals surface area (Å²) in [6.07, 6.45) is 1.09. The third-order valence-electron chi connectivity index (χ3n) is 1.92. The van der Waals surface area contributed by atoms with Crippen LogP contribution in [0.3, 0.4) is 0 Å². The third kappa shape index (κ3) is 3.50. The average molecular weight is 257 g/mol. The van der Waals surface area contributed by atoms with Crippen LogP contribution in [0.5, 0.6) is 0 Å². The maximum atomic E-state index is 11.4. The second-order valence-corrected chi connectivity index (χ2v) is 3.30. The summed E-state index contributed by atoms with van der Waals surface area (Å²) < 4.78 is 5.57. The molecule has 0 aliphatic heterocycles. The lowest BCUT2D eigenvalue weighted by molar-refractivity contribution is -0.394. The number of rotatable bonds is 5. The lowest BCUT2D eigenvalue weighted by atomic mass is 10.3. The normalized spacial score (nSPS) is 11.7. The van der Waals surface area contributed by atoms with Gasteiger partial charge in [0.1, 0.15) is 6.04 Å². The van der Waals surface area contributed by atoms with Crippen LogP contribution in [0.15, 0.2) is 6.33 Å². The SMILES string of the molecule is COC(=O)C(Cn1cnc([N+](=O)[O-])n1)NC(C)=O. The van der Waals surface area contributed by atoms with Crippen molar-refractivity contribution in [3.8, 4) is 0 Å². The zero-order valence-electron chi connectivity index (χ0n) is 9.69. The maximum absolute atomic E-state index is 11.4. The monoisotopic (exact) mass is 257 g/mol. The Kier molecular flexibility index (Phi) is 4.29. The predicted octanol–water partition coefficient (Wildman–Crippen LogP) is -1.14. The number of carbonyl (C=O) groups is 2. The van der Waals surface area contributed by atoms with E-state index in [-0.39, 0.29) is 6.54 Å². The van der Waals surface area contributed by atoms with Crippen molar-refractivity contribution in [3.63, 3.8) is 0 Å². The molecule has 0 aliphatic rings. The molecule has 18 heavy (non-hydrogen) atoms. The van der Waals surface area contributed by atoms with Gasteiger partial charge in [-0.15, -0.1) is 0 Å². The molecule has 0 bridgehead atoms. The zero-order chi connectivity index (χ0) is 13.7. The van der Waals surface area contributed by atoms with Crippen molar-refractivity contribution in [1.82, 2.24) is 20.1 Å². The molecule has 1 unspecified atom stereocenters. The second-order valence-electron chi connectivity index (χ2n) is 3.30. The molecule has 0 saturated carbocycles. The Morgan fingerprint density at radius 3 is 2.78 bits per heavy atom. The third-order valence-corrected chi connectivity index (χ3v) is 1.92. The smallest absolute Gasteiger partial charge is 0.467 e. The Morgan fingerprint density at radius 2 is 2.33 bits per heavy atom. The van der Waals surface area contributed by atoms with Crippen molar-refractivity contribution >= 4 is 17.8 Å². The number of carbonyl (C=O) groups excluding carboxylic acids is 2. The van der Waals surface area contributed by atoms with Crippen LogP contribution in [-0.2, 0) is 20.9 Å². The lowest BCUT2D eigenvalue weighted by Crippen LogP contribution is -2.43. The Labute approximate surface area is 101 Å². The number of hydrogen-bond donors (Lipinski definition) is 1. The maximum Gasteiger partial charge on any atom is 0.490 e. The Balaban J connectivity index is 2.78. The van der Waals surface area contributed by atoms with Crippen molar-refractivity contribution in [2.24, 2.45) is 0 Å². The number of hydrogen-bond acceptors (Lipinski definition) is 7. The van der Waals surface area contributed by atoms with E-state index in [2.05, 4.69) is 20.1 Å². The summed E-state index contributed by atoms with van der Waals surface area (Å²) in [5.41, 5.74) is 0. The molecular weight excluding hydrogens is 246 g/mol. The Morgan fingerprint density at radius 1 is 1.67 bits per heavy atom. The fraction of sp³-hybridized carbons (Fsp3) is 0.500. The highest BCUT2D eigenvalue weighted by molar-refractivity contribution is 5.83. The standard InChI is InChI=1S/C8H11N5O5/c1-5(14)10-6(7(15)18-2)3-12-4-9-8(11-12)13(16)17/h4,6H,3H2,1-2H3,(H,10,14). The van der Waals surface area contributed by atoms with Gasteiger partial charge >= 0.3 is 11.9 Å². The van der Waals surface area contributed by atoms with Crippen LogP contribution >= 0.6 is 0 Å². The fourth-order valence-electron chi connectivity index (χ4n) is 1.21. The van der Waals surface area contributed by atoms with Gasteiger partial charge < -0.3 is 20.2 Å². The molecule has 1 amide bonds. The minimum Gasteiger partial charge on any atom is -0.467 e. The summed E-state index contributed by atoms with van der Waals surface area (Å²) in [6.45, 7) is 1.13. The highest BCUT2D eigenvalue weighted by Crippen LogP contribution is 2.01. The van der Waals surface area contributed by atoms with E-state index >= 15 is 0 Å². The first kappa shape index (κ1) is 13.5. The average Bonchev–Trinajstić information content (AvgIpc) is 2.75. The highest BCUT2D eigenvalue weighted by Gasteiger charge is 2.24. The molecule has 0 aromatic carbocycles. The summed E-state index contributed by atoms with van der Waals surface area (Å²) in [5, 5.41) is 16.2. The number of nitrogens with one attached hydrogen (secondary N) is 1. The van der Waals surface area contributed by atoms with Gasteiger partial charge in [0, 0.05) is 12.0 Å². The summed E-state index contributed by atoms with van der Waals surface area (Å²) >= 11 is 0. The number of nitro groups is 1. The molecule has 0 radical (unpaired) electrons. The first-order valence-electron chi connectivity index (χ1n) is 4.82. The fourth-order valence-corrected chi connectivity index (χ4v) is 1.21. The number of ether oxygens (including phenoxy) is 1. The molecule has 1 aromatic heterocycles. The van der Waals surface area contributed by atoms with Crippen molar-refractivity contribution < 1.29 is 19.2 Å². The van der Waals surface area contributed by atoms with Crippen molar-refractivity contribution in [2.75, 3.05) is 7.11 Å². The van der Waals surface area contributed by atoms with Crippen LogP contribution < -0.4 is 5.32 Å². The quantitative estimate of drug-likeness (QED) is 0.401. The van der Waals surface area contributed by atoms with E-state index in [1.807, 2.05) is 0 Å². The molecule has 1 rings (SSSR count). The van der Waals surface area contributed by atoms with Crippen LogP contribution in [0.25, 0.3) is 0 Å². The van der Waals surface area contributed by atoms with Crippen molar-refractivity contribution in [1.29, 1.82) is 0 Å². The topological polar surface area (TPSA) is 129 Å². The van der Waals surface area contributed by atoms with E-state index in [4.69, 9.17) is 0 Å². The zero-order valence-corrected chi connectivity index (χ0v) is 9.69. The van der Waals surface area contributed by atoms with E-state index in [1.165, 1.54) is 14.0 Å². The number of methoxy groups -OCH3 is 1. The number of nitrogens with zero attached hydrogens (tertiary/aromatic N) is 4. The molecule has 0 aliphatic carbocycles. The van der Waals surface area contributed by atoms with Gasteiger partial charge in [0.25, 0.3) is 0 Å². The summed E-state index contributed by atoms with van der Waals surface area (Å²) in [7, 11) is 1.17. The Bertz CT molecular complexity index is 470. The molecule has 1 atom stereocenters. The molecule has 0 spiro atoms. The minimum atomic E-state index is -0.978. The molecule has 10 nitrogen and oxygen atoms in total. The minimum absolute atomic E-state index is 0.104. The largest absolute Gasteiger partial charge is 0.490 e. The Hall–Kier alpha value is -2.52. The van der Waals surface area contributed by atoms with Gasteiger partial charge in [0.15, 0.2) is 0 Å². The van der Waals surface area contributed by atoms with Crippen LogP contribution in [0.2, 0.25) is 0 Å². The first-order chi connectivity index (χ1) is 8.43.